The molecule has 1 saturated heterocycles. The van der Waals surface area contributed by atoms with Gasteiger partial charge in [0.15, 0.2) is 5.78 Å². The minimum Gasteiger partial charge on any atom is -0.485 e. The highest BCUT2D eigenvalue weighted by atomic mass is 16.6. The summed E-state index contributed by atoms with van der Waals surface area (Å²) in [6.07, 6.45) is 0.152. The first kappa shape index (κ1) is 12.6. The normalized spacial score (nSPS) is 24.5. The molecule has 0 N–H and O–H groups in total. The Morgan fingerprint density at radius 1 is 1.05 bits per heavy atom. The number of fused-ring (bicyclic) bond motifs is 3. The Morgan fingerprint density at radius 3 is 2.57 bits per heavy atom. The lowest BCUT2D eigenvalue weighted by Crippen LogP contribution is -2.37. The Bertz CT molecular complexity index is 718. The van der Waals surface area contributed by atoms with E-state index in [-0.39, 0.29) is 23.6 Å². The van der Waals surface area contributed by atoms with Gasteiger partial charge in [0.25, 0.3) is 0 Å². The highest BCUT2D eigenvalue weighted by Crippen LogP contribution is 2.53. The van der Waals surface area contributed by atoms with Crippen molar-refractivity contribution in [3.05, 3.63) is 65.2 Å². The lowest BCUT2D eigenvalue weighted by Gasteiger charge is -2.29. The van der Waals surface area contributed by atoms with Crippen molar-refractivity contribution in [1.29, 1.82) is 0 Å². The first-order valence-electron chi connectivity index (χ1n) is 7.14. The quantitative estimate of drug-likeness (QED) is 0.624. The van der Waals surface area contributed by atoms with Crippen molar-refractivity contribution in [3.8, 4) is 5.75 Å². The van der Waals surface area contributed by atoms with Gasteiger partial charge in [-0.1, -0.05) is 30.3 Å². The van der Waals surface area contributed by atoms with E-state index in [1.807, 2.05) is 62.4 Å². The second kappa shape index (κ2) is 4.18. The number of epoxide rings is 1. The van der Waals surface area contributed by atoms with E-state index in [4.69, 9.17) is 9.47 Å². The third-order valence-corrected chi connectivity index (χ3v) is 4.16. The molecule has 0 aliphatic carbocycles. The van der Waals surface area contributed by atoms with Crippen LogP contribution in [0.25, 0.3) is 0 Å². The topological polar surface area (TPSA) is 38.8 Å². The van der Waals surface area contributed by atoms with Gasteiger partial charge in [0, 0.05) is 16.7 Å². The van der Waals surface area contributed by atoms with Crippen LogP contribution in [0.1, 0.15) is 41.4 Å². The molecular weight excluding hydrogens is 264 g/mol. The fraction of sp³-hybridized carbons (Fsp3) is 0.278. The molecule has 3 heteroatoms. The minimum atomic E-state index is -0.303. The SMILES string of the molecule is CC1(C)Oc2ccc(C(=O)c3ccccc3)cc2C2OC21. The number of benzene rings is 2. The van der Waals surface area contributed by atoms with E-state index < -0.39 is 0 Å². The van der Waals surface area contributed by atoms with Crippen molar-refractivity contribution >= 4 is 5.78 Å². The molecule has 2 aromatic rings. The van der Waals surface area contributed by atoms with Gasteiger partial charge < -0.3 is 9.47 Å². The molecule has 0 bridgehead atoms. The average molecular weight is 280 g/mol. The summed E-state index contributed by atoms with van der Waals surface area (Å²) in [6.45, 7) is 4.06. The van der Waals surface area contributed by atoms with E-state index in [2.05, 4.69) is 0 Å². The predicted molar refractivity (Wildman–Crippen MR) is 78.6 cm³/mol. The van der Waals surface area contributed by atoms with Crippen LogP contribution in [0, 0.1) is 0 Å². The summed E-state index contributed by atoms with van der Waals surface area (Å²) in [4.78, 5) is 12.5. The van der Waals surface area contributed by atoms with Crippen LogP contribution in [0.15, 0.2) is 48.5 Å². The van der Waals surface area contributed by atoms with Gasteiger partial charge in [0.2, 0.25) is 0 Å². The van der Waals surface area contributed by atoms with Gasteiger partial charge in [-0.15, -0.1) is 0 Å². The molecule has 0 aromatic heterocycles. The highest BCUT2D eigenvalue weighted by Gasteiger charge is 2.56. The minimum absolute atomic E-state index is 0.0282. The Labute approximate surface area is 123 Å². The number of ether oxygens (including phenoxy) is 2. The third kappa shape index (κ3) is 1.96. The monoisotopic (exact) mass is 280 g/mol. The van der Waals surface area contributed by atoms with Crippen LogP contribution < -0.4 is 4.74 Å². The van der Waals surface area contributed by atoms with Crippen molar-refractivity contribution in [2.45, 2.75) is 31.7 Å². The zero-order chi connectivity index (χ0) is 14.6. The lowest BCUT2D eigenvalue weighted by molar-refractivity contribution is 0.0725. The van der Waals surface area contributed by atoms with E-state index in [0.29, 0.717) is 11.1 Å². The summed E-state index contributed by atoms with van der Waals surface area (Å²) >= 11 is 0. The number of hydrogen-bond donors (Lipinski definition) is 0. The van der Waals surface area contributed by atoms with Gasteiger partial charge in [0.1, 0.15) is 23.6 Å². The molecule has 2 aliphatic rings. The summed E-state index contributed by atoms with van der Waals surface area (Å²) < 4.78 is 11.7. The van der Waals surface area contributed by atoms with Crippen LogP contribution in [0.4, 0.5) is 0 Å². The van der Waals surface area contributed by atoms with E-state index in [0.717, 1.165) is 11.3 Å². The van der Waals surface area contributed by atoms with E-state index in [1.54, 1.807) is 0 Å². The summed E-state index contributed by atoms with van der Waals surface area (Å²) in [5, 5.41) is 0. The molecule has 2 atom stereocenters. The Balaban J connectivity index is 1.72. The lowest BCUT2D eigenvalue weighted by atomic mass is 9.92. The zero-order valence-electron chi connectivity index (χ0n) is 12.0. The van der Waals surface area contributed by atoms with Crippen LogP contribution in [0.5, 0.6) is 5.75 Å². The molecule has 2 aliphatic heterocycles. The van der Waals surface area contributed by atoms with Crippen LogP contribution in [0.3, 0.4) is 0 Å². The molecule has 3 nitrogen and oxygen atoms in total. The molecule has 106 valence electrons. The molecule has 2 unspecified atom stereocenters. The van der Waals surface area contributed by atoms with Crippen LogP contribution >= 0.6 is 0 Å². The van der Waals surface area contributed by atoms with Crippen molar-refractivity contribution < 1.29 is 14.3 Å². The molecule has 0 saturated carbocycles. The summed E-state index contributed by atoms with van der Waals surface area (Å²) in [7, 11) is 0. The van der Waals surface area contributed by atoms with Gasteiger partial charge in [-0.2, -0.15) is 0 Å². The van der Waals surface area contributed by atoms with Gasteiger partial charge in [0.05, 0.1) is 0 Å². The van der Waals surface area contributed by atoms with E-state index >= 15 is 0 Å². The molecule has 21 heavy (non-hydrogen) atoms. The second-order valence-corrected chi connectivity index (χ2v) is 6.13. The molecular formula is C18H16O3. The highest BCUT2D eigenvalue weighted by molar-refractivity contribution is 6.09. The summed E-state index contributed by atoms with van der Waals surface area (Å²) in [5.41, 5.74) is 2.06. The maximum absolute atomic E-state index is 12.5. The molecule has 0 radical (unpaired) electrons. The molecule has 2 aromatic carbocycles. The van der Waals surface area contributed by atoms with E-state index in [9.17, 15) is 4.79 Å². The predicted octanol–water partition coefficient (Wildman–Crippen LogP) is 3.53. The van der Waals surface area contributed by atoms with Crippen molar-refractivity contribution in [2.75, 3.05) is 0 Å². The average Bonchev–Trinajstić information content (AvgIpc) is 3.29. The van der Waals surface area contributed by atoms with E-state index in [1.165, 1.54) is 0 Å². The van der Waals surface area contributed by atoms with Gasteiger partial charge in [-0.3, -0.25) is 4.79 Å². The molecule has 0 amide bonds. The standard InChI is InChI=1S/C18H16O3/c1-18(2)17-16(20-17)13-10-12(8-9-14(13)21-18)15(19)11-6-4-3-5-7-11/h3-10,16-17H,1-2H3. The smallest absolute Gasteiger partial charge is 0.193 e. The Hall–Kier alpha value is -2.13. The van der Waals surface area contributed by atoms with Gasteiger partial charge in [-0.05, 0) is 32.0 Å². The van der Waals surface area contributed by atoms with Crippen LogP contribution in [-0.4, -0.2) is 17.5 Å². The number of carbonyl (C=O) groups excluding carboxylic acids is 1. The first-order chi connectivity index (χ1) is 10.1. The second-order valence-electron chi connectivity index (χ2n) is 6.13. The molecule has 1 fully saturated rings. The largest absolute Gasteiger partial charge is 0.485 e. The Morgan fingerprint density at radius 2 is 1.81 bits per heavy atom. The third-order valence-electron chi connectivity index (χ3n) is 4.16. The summed E-state index contributed by atoms with van der Waals surface area (Å²) in [6, 6.07) is 14.9. The number of ketones is 1. The van der Waals surface area contributed by atoms with Crippen molar-refractivity contribution in [1.82, 2.24) is 0 Å². The fourth-order valence-corrected chi connectivity index (χ4v) is 2.98. The van der Waals surface area contributed by atoms with Gasteiger partial charge >= 0.3 is 0 Å². The zero-order valence-corrected chi connectivity index (χ0v) is 12.0. The van der Waals surface area contributed by atoms with Crippen LogP contribution in [-0.2, 0) is 4.74 Å². The van der Waals surface area contributed by atoms with Crippen molar-refractivity contribution in [3.63, 3.8) is 0 Å². The van der Waals surface area contributed by atoms with Gasteiger partial charge in [-0.25, -0.2) is 0 Å². The number of hydrogen-bond acceptors (Lipinski definition) is 3. The van der Waals surface area contributed by atoms with Crippen LogP contribution in [0.2, 0.25) is 0 Å². The molecule has 2 heterocycles. The summed E-state index contributed by atoms with van der Waals surface area (Å²) in [5.74, 6) is 0.851. The molecule has 0 spiro atoms. The fourth-order valence-electron chi connectivity index (χ4n) is 2.98. The first-order valence-corrected chi connectivity index (χ1v) is 7.14. The number of rotatable bonds is 2. The van der Waals surface area contributed by atoms with Crippen molar-refractivity contribution in [2.24, 2.45) is 0 Å². The molecule has 4 rings (SSSR count). The Kier molecular flexibility index (Phi) is 2.51. The maximum Gasteiger partial charge on any atom is 0.193 e. The number of carbonyl (C=O) groups is 1. The maximum atomic E-state index is 12.5.